The van der Waals surface area contributed by atoms with E-state index in [4.69, 9.17) is 4.74 Å². The highest BCUT2D eigenvalue weighted by Crippen LogP contribution is 2.21. The smallest absolute Gasteiger partial charge is 0.291 e. The number of hydrogen-bond acceptors (Lipinski definition) is 4. The van der Waals surface area contributed by atoms with Crippen molar-refractivity contribution in [3.8, 4) is 11.5 Å². The van der Waals surface area contributed by atoms with Gasteiger partial charge in [0.15, 0.2) is 5.69 Å². The molecule has 1 heterocycles. The van der Waals surface area contributed by atoms with Gasteiger partial charge in [0.05, 0.1) is 12.8 Å². The number of para-hydroxylation sites is 1. The third kappa shape index (κ3) is 5.90. The van der Waals surface area contributed by atoms with E-state index in [1.54, 1.807) is 23.2 Å². The normalized spacial score (nSPS) is 10.9. The number of hydrazone groups is 1. The van der Waals surface area contributed by atoms with Gasteiger partial charge < -0.3 is 4.74 Å². The Morgan fingerprint density at radius 1 is 1.00 bits per heavy atom. The number of rotatable bonds is 7. The number of carbonyl (C=O) groups excluding carboxylic acids is 1. The Balaban J connectivity index is 1.34. The quantitative estimate of drug-likeness (QED) is 0.293. The van der Waals surface area contributed by atoms with Gasteiger partial charge in [-0.15, -0.1) is 0 Å². The summed E-state index contributed by atoms with van der Waals surface area (Å²) in [6, 6.07) is 26.6. The molecule has 0 radical (unpaired) electrons. The zero-order valence-corrected chi connectivity index (χ0v) is 18.1. The van der Waals surface area contributed by atoms with Gasteiger partial charge in [-0.3, -0.25) is 9.48 Å². The molecule has 31 heavy (non-hydrogen) atoms. The van der Waals surface area contributed by atoms with Crippen LogP contribution in [0.15, 0.2) is 101 Å². The van der Waals surface area contributed by atoms with E-state index in [1.165, 1.54) is 0 Å². The average molecular weight is 475 g/mol. The van der Waals surface area contributed by atoms with Gasteiger partial charge >= 0.3 is 0 Å². The zero-order valence-electron chi connectivity index (χ0n) is 16.5. The second-order valence-electron chi connectivity index (χ2n) is 6.71. The lowest BCUT2D eigenvalue weighted by Gasteiger charge is -2.05. The molecule has 0 atom stereocenters. The molecular formula is C24H19BrN4O2. The molecule has 0 aliphatic rings. The van der Waals surface area contributed by atoms with Gasteiger partial charge in [0.1, 0.15) is 11.5 Å². The van der Waals surface area contributed by atoms with Crippen LogP contribution < -0.4 is 10.2 Å². The van der Waals surface area contributed by atoms with Crippen molar-refractivity contribution in [2.75, 3.05) is 0 Å². The third-order valence-electron chi connectivity index (χ3n) is 4.35. The maximum absolute atomic E-state index is 12.3. The summed E-state index contributed by atoms with van der Waals surface area (Å²) in [6.45, 7) is 0.581. The molecule has 0 saturated carbocycles. The number of benzene rings is 3. The maximum Gasteiger partial charge on any atom is 0.291 e. The lowest BCUT2D eigenvalue weighted by molar-refractivity contribution is 0.0949. The molecule has 1 N–H and O–H groups in total. The maximum atomic E-state index is 12.3. The van der Waals surface area contributed by atoms with E-state index in [1.807, 2.05) is 78.9 Å². The lowest BCUT2D eigenvalue weighted by Crippen LogP contribution is -2.18. The number of aromatic nitrogens is 2. The second kappa shape index (κ2) is 9.86. The molecule has 3 aromatic carbocycles. The van der Waals surface area contributed by atoms with E-state index in [0.717, 1.165) is 21.3 Å². The highest BCUT2D eigenvalue weighted by atomic mass is 79.9. The van der Waals surface area contributed by atoms with Crippen molar-refractivity contribution in [3.05, 3.63) is 112 Å². The van der Waals surface area contributed by atoms with Crippen LogP contribution in [-0.2, 0) is 6.54 Å². The molecule has 7 heteroatoms. The van der Waals surface area contributed by atoms with Crippen LogP contribution in [0, 0.1) is 0 Å². The molecule has 0 fully saturated rings. The number of nitrogens with zero attached hydrogens (tertiary/aromatic N) is 3. The molecule has 0 spiro atoms. The molecule has 4 rings (SSSR count). The summed E-state index contributed by atoms with van der Waals surface area (Å²) < 4.78 is 8.54. The second-order valence-corrected chi connectivity index (χ2v) is 7.63. The van der Waals surface area contributed by atoms with Crippen LogP contribution in [0.2, 0.25) is 0 Å². The molecule has 1 amide bonds. The predicted molar refractivity (Wildman–Crippen MR) is 123 cm³/mol. The fraction of sp³-hybridized carbons (Fsp3) is 0.0417. The molecule has 0 aliphatic carbocycles. The summed E-state index contributed by atoms with van der Waals surface area (Å²) in [5.41, 5.74) is 4.70. The zero-order chi connectivity index (χ0) is 21.5. The van der Waals surface area contributed by atoms with E-state index in [2.05, 4.69) is 31.6 Å². The molecule has 0 saturated heterocycles. The number of halogens is 1. The van der Waals surface area contributed by atoms with E-state index in [9.17, 15) is 4.79 Å². The fourth-order valence-corrected chi connectivity index (χ4v) is 3.12. The van der Waals surface area contributed by atoms with Crippen molar-refractivity contribution >= 4 is 28.1 Å². The van der Waals surface area contributed by atoms with E-state index in [-0.39, 0.29) is 5.91 Å². The molecule has 0 unspecified atom stereocenters. The Bertz CT molecular complexity index is 1190. The number of amides is 1. The number of carbonyl (C=O) groups is 1. The number of nitrogens with one attached hydrogen (secondary N) is 1. The SMILES string of the molecule is O=C(N/N=C\c1cccc(Oc2ccccc2)c1)c1ccn(Cc2ccc(Br)cc2)n1. The Kier molecular flexibility index (Phi) is 6.54. The Morgan fingerprint density at radius 3 is 2.58 bits per heavy atom. The van der Waals surface area contributed by atoms with E-state index >= 15 is 0 Å². The van der Waals surface area contributed by atoms with E-state index < -0.39 is 0 Å². The summed E-state index contributed by atoms with van der Waals surface area (Å²) in [6.07, 6.45) is 3.33. The van der Waals surface area contributed by atoms with Crippen LogP contribution in [0.3, 0.4) is 0 Å². The van der Waals surface area contributed by atoms with Crippen LogP contribution in [0.1, 0.15) is 21.6 Å². The molecule has 0 bridgehead atoms. The molecular weight excluding hydrogens is 456 g/mol. The molecule has 0 aliphatic heterocycles. The first-order valence-electron chi connectivity index (χ1n) is 9.60. The van der Waals surface area contributed by atoms with Gasteiger partial charge in [-0.1, -0.05) is 58.4 Å². The molecule has 1 aromatic heterocycles. The van der Waals surface area contributed by atoms with Crippen molar-refractivity contribution < 1.29 is 9.53 Å². The summed E-state index contributed by atoms with van der Waals surface area (Å²) in [7, 11) is 0. The highest BCUT2D eigenvalue weighted by molar-refractivity contribution is 9.10. The molecule has 4 aromatic rings. The first-order valence-corrected chi connectivity index (χ1v) is 10.4. The topological polar surface area (TPSA) is 68.5 Å². The lowest BCUT2D eigenvalue weighted by atomic mass is 10.2. The summed E-state index contributed by atoms with van der Waals surface area (Å²) in [5.74, 6) is 1.07. The third-order valence-corrected chi connectivity index (χ3v) is 4.88. The predicted octanol–water partition coefficient (Wildman–Crippen LogP) is 5.25. The van der Waals surface area contributed by atoms with Gasteiger partial charge in [-0.2, -0.15) is 10.2 Å². The number of hydrogen-bond donors (Lipinski definition) is 1. The highest BCUT2D eigenvalue weighted by Gasteiger charge is 2.08. The first-order chi connectivity index (χ1) is 15.2. The van der Waals surface area contributed by atoms with Crippen LogP contribution in [0.5, 0.6) is 11.5 Å². The van der Waals surface area contributed by atoms with Gasteiger partial charge in [0.25, 0.3) is 5.91 Å². The summed E-state index contributed by atoms with van der Waals surface area (Å²) in [5, 5.41) is 8.35. The van der Waals surface area contributed by atoms with Crippen molar-refractivity contribution in [1.29, 1.82) is 0 Å². The summed E-state index contributed by atoms with van der Waals surface area (Å²) >= 11 is 3.42. The van der Waals surface area contributed by atoms with Crippen LogP contribution >= 0.6 is 15.9 Å². The van der Waals surface area contributed by atoms with Gasteiger partial charge in [0.2, 0.25) is 0 Å². The van der Waals surface area contributed by atoms with Gasteiger partial charge in [-0.25, -0.2) is 5.43 Å². The summed E-state index contributed by atoms with van der Waals surface area (Å²) in [4.78, 5) is 12.3. The van der Waals surface area contributed by atoms with Crippen molar-refractivity contribution in [3.63, 3.8) is 0 Å². The van der Waals surface area contributed by atoms with Crippen molar-refractivity contribution in [2.45, 2.75) is 6.54 Å². The number of ether oxygens (including phenoxy) is 1. The minimum Gasteiger partial charge on any atom is -0.457 e. The average Bonchev–Trinajstić information content (AvgIpc) is 3.25. The standard InChI is InChI=1S/C24H19BrN4O2/c25-20-11-9-18(10-12-20)17-29-14-13-23(28-29)24(30)27-26-16-19-5-4-8-22(15-19)31-21-6-2-1-3-7-21/h1-16H,17H2,(H,27,30)/b26-16-. The van der Waals surface area contributed by atoms with Crippen LogP contribution in [0.4, 0.5) is 0 Å². The minimum atomic E-state index is -0.373. The Hall–Kier alpha value is -3.71. The fourth-order valence-electron chi connectivity index (χ4n) is 2.85. The van der Waals surface area contributed by atoms with Gasteiger partial charge in [-0.05, 0) is 53.6 Å². The molecule has 6 nitrogen and oxygen atoms in total. The monoisotopic (exact) mass is 474 g/mol. The van der Waals surface area contributed by atoms with Crippen LogP contribution in [-0.4, -0.2) is 21.9 Å². The Morgan fingerprint density at radius 2 is 1.77 bits per heavy atom. The van der Waals surface area contributed by atoms with Gasteiger partial charge in [0, 0.05) is 10.7 Å². The van der Waals surface area contributed by atoms with Crippen LogP contribution in [0.25, 0.3) is 0 Å². The Labute approximate surface area is 188 Å². The largest absolute Gasteiger partial charge is 0.457 e. The van der Waals surface area contributed by atoms with Crippen molar-refractivity contribution in [1.82, 2.24) is 15.2 Å². The first kappa shape index (κ1) is 20.6. The minimum absolute atomic E-state index is 0.301. The van der Waals surface area contributed by atoms with Crippen molar-refractivity contribution in [2.24, 2.45) is 5.10 Å². The van der Waals surface area contributed by atoms with E-state index in [0.29, 0.717) is 18.0 Å². The molecule has 154 valence electrons.